The van der Waals surface area contributed by atoms with Gasteiger partial charge in [-0.1, -0.05) is 39.8 Å². The van der Waals surface area contributed by atoms with Crippen molar-refractivity contribution in [3.8, 4) is 0 Å². The van der Waals surface area contributed by atoms with E-state index in [0.29, 0.717) is 12.0 Å². The van der Waals surface area contributed by atoms with Crippen molar-refractivity contribution in [3.05, 3.63) is 12.2 Å². The summed E-state index contributed by atoms with van der Waals surface area (Å²) < 4.78 is 15.6. The molecule has 0 aliphatic heterocycles. The standard InChI is InChI=1S/C28H40O9/c1-10-36-24(34)27(7)14(2)13-16-26(6)12-11-17(29)25(4,5)19(26)18(30)21(31)28(16,8)20(27)23(33)37-15(3)22(32)35-9/h15-16,19-21,31H,2,10-13H2,1,3-9H3/t15-,16-,19+,20-,21+,26-,27+,28-/m0/s1. The molecule has 0 bridgehead atoms. The van der Waals surface area contributed by atoms with E-state index in [-0.39, 0.29) is 25.2 Å². The Kier molecular flexibility index (Phi) is 7.31. The van der Waals surface area contributed by atoms with Gasteiger partial charge in [0.15, 0.2) is 11.9 Å². The molecule has 3 aliphatic rings. The van der Waals surface area contributed by atoms with Gasteiger partial charge in [-0.3, -0.25) is 19.2 Å². The van der Waals surface area contributed by atoms with Gasteiger partial charge < -0.3 is 19.3 Å². The highest BCUT2D eigenvalue weighted by Gasteiger charge is 2.75. The van der Waals surface area contributed by atoms with E-state index < -0.39 is 75.3 Å². The Balaban J connectivity index is 2.26. The van der Waals surface area contributed by atoms with E-state index in [0.717, 1.165) is 7.11 Å². The van der Waals surface area contributed by atoms with Gasteiger partial charge in [0.05, 0.1) is 25.0 Å². The predicted molar refractivity (Wildman–Crippen MR) is 132 cm³/mol. The third-order valence-electron chi connectivity index (χ3n) is 9.83. The molecular formula is C28H40O9. The first-order valence-electron chi connectivity index (χ1n) is 12.9. The number of carbonyl (C=O) groups excluding carboxylic acids is 5. The van der Waals surface area contributed by atoms with Crippen LogP contribution in [-0.2, 0) is 38.2 Å². The fraction of sp³-hybridized carbons (Fsp3) is 0.750. The molecule has 9 heteroatoms. The molecule has 8 atom stereocenters. The maximum Gasteiger partial charge on any atom is 0.346 e. The monoisotopic (exact) mass is 520 g/mol. The number of Topliss-reactive ketones (excluding diaryl/α,β-unsaturated/α-hetero) is 2. The van der Waals surface area contributed by atoms with Crippen LogP contribution in [0, 0.1) is 39.4 Å². The number of fused-ring (bicyclic) bond motifs is 3. The molecule has 0 heterocycles. The van der Waals surface area contributed by atoms with Crippen LogP contribution in [-0.4, -0.2) is 60.5 Å². The van der Waals surface area contributed by atoms with Crippen molar-refractivity contribution >= 4 is 29.5 Å². The van der Waals surface area contributed by atoms with Crippen LogP contribution in [0.15, 0.2) is 12.2 Å². The fourth-order valence-corrected chi connectivity index (χ4v) is 7.84. The molecule has 1 N–H and O–H groups in total. The Hall–Kier alpha value is -2.55. The van der Waals surface area contributed by atoms with Gasteiger partial charge in [0.2, 0.25) is 0 Å². The summed E-state index contributed by atoms with van der Waals surface area (Å²) in [5.41, 5.74) is -4.48. The van der Waals surface area contributed by atoms with Crippen molar-refractivity contribution < 1.29 is 43.3 Å². The predicted octanol–water partition coefficient (Wildman–Crippen LogP) is 2.81. The Labute approximate surface area is 218 Å². The number of aliphatic hydroxyl groups is 1. The number of aliphatic hydroxyl groups excluding tert-OH is 1. The zero-order chi connectivity index (χ0) is 28.3. The van der Waals surface area contributed by atoms with E-state index in [2.05, 4.69) is 11.3 Å². The van der Waals surface area contributed by atoms with Crippen molar-refractivity contribution in [3.63, 3.8) is 0 Å². The zero-order valence-corrected chi connectivity index (χ0v) is 23.1. The average Bonchev–Trinajstić information content (AvgIpc) is 2.81. The lowest BCUT2D eigenvalue weighted by molar-refractivity contribution is -0.226. The maximum atomic E-state index is 14.0. The fourth-order valence-electron chi connectivity index (χ4n) is 7.84. The number of methoxy groups -OCH3 is 1. The molecule has 206 valence electrons. The van der Waals surface area contributed by atoms with Crippen molar-refractivity contribution in [1.82, 2.24) is 0 Å². The normalized spacial score (nSPS) is 39.6. The van der Waals surface area contributed by atoms with E-state index in [4.69, 9.17) is 9.47 Å². The summed E-state index contributed by atoms with van der Waals surface area (Å²) in [6.45, 7) is 15.7. The summed E-state index contributed by atoms with van der Waals surface area (Å²) in [6.07, 6.45) is -2.07. The highest BCUT2D eigenvalue weighted by molar-refractivity contribution is 5.98. The van der Waals surface area contributed by atoms with Gasteiger partial charge >= 0.3 is 17.9 Å². The molecule has 0 unspecified atom stereocenters. The quantitative estimate of drug-likeness (QED) is 0.330. The summed E-state index contributed by atoms with van der Waals surface area (Å²) in [4.78, 5) is 66.2. The third-order valence-corrected chi connectivity index (χ3v) is 9.83. The van der Waals surface area contributed by atoms with E-state index in [1.54, 1.807) is 27.7 Å². The molecule has 0 saturated heterocycles. The Morgan fingerprint density at radius 1 is 1.14 bits per heavy atom. The molecule has 0 radical (unpaired) electrons. The topological polar surface area (TPSA) is 133 Å². The second-order valence-corrected chi connectivity index (χ2v) is 12.1. The number of hydrogen-bond donors (Lipinski definition) is 1. The van der Waals surface area contributed by atoms with Gasteiger partial charge in [-0.2, -0.15) is 0 Å². The third kappa shape index (κ3) is 3.87. The molecule has 0 spiro atoms. The number of ether oxygens (including phenoxy) is 3. The summed E-state index contributed by atoms with van der Waals surface area (Å²) in [5.74, 6) is -5.69. The van der Waals surface area contributed by atoms with Crippen LogP contribution in [0.1, 0.15) is 67.7 Å². The minimum atomic E-state index is -1.67. The average molecular weight is 521 g/mol. The van der Waals surface area contributed by atoms with Crippen LogP contribution < -0.4 is 0 Å². The first kappa shape index (κ1) is 29.0. The first-order chi connectivity index (χ1) is 17.0. The molecule has 0 amide bonds. The summed E-state index contributed by atoms with van der Waals surface area (Å²) >= 11 is 0. The van der Waals surface area contributed by atoms with E-state index >= 15 is 0 Å². The molecular weight excluding hydrogens is 480 g/mol. The lowest BCUT2D eigenvalue weighted by atomic mass is 9.35. The lowest BCUT2D eigenvalue weighted by Gasteiger charge is -2.67. The van der Waals surface area contributed by atoms with Crippen molar-refractivity contribution in [1.29, 1.82) is 0 Å². The highest BCUT2D eigenvalue weighted by Crippen LogP contribution is 2.70. The number of hydrogen-bond acceptors (Lipinski definition) is 9. The maximum absolute atomic E-state index is 14.0. The van der Waals surface area contributed by atoms with E-state index in [1.165, 1.54) is 13.8 Å². The van der Waals surface area contributed by atoms with Crippen LogP contribution in [0.25, 0.3) is 0 Å². The van der Waals surface area contributed by atoms with Crippen molar-refractivity contribution in [2.45, 2.75) is 79.9 Å². The van der Waals surface area contributed by atoms with Crippen LogP contribution in [0.3, 0.4) is 0 Å². The number of carbonyl (C=O) groups is 5. The van der Waals surface area contributed by atoms with Gasteiger partial charge in [-0.05, 0) is 44.9 Å². The second-order valence-electron chi connectivity index (χ2n) is 12.1. The SMILES string of the molecule is C=C1C[C@H]2[C@]3(C)CCC(=O)C(C)(C)[C@H]3C(=O)[C@@H](O)[C@]2(C)[C@@H](C(=O)O[C@@H](C)C(=O)OC)[C@]1(C)C(=O)OCC. The molecule has 37 heavy (non-hydrogen) atoms. The van der Waals surface area contributed by atoms with Crippen LogP contribution >= 0.6 is 0 Å². The molecule has 3 rings (SSSR count). The number of esters is 3. The minimum absolute atomic E-state index is 0.0414. The molecule has 0 aromatic carbocycles. The largest absolute Gasteiger partial charge is 0.466 e. The Morgan fingerprint density at radius 2 is 1.73 bits per heavy atom. The molecule has 3 aliphatic carbocycles. The summed E-state index contributed by atoms with van der Waals surface area (Å²) in [7, 11) is 1.16. The minimum Gasteiger partial charge on any atom is -0.466 e. The Bertz CT molecular complexity index is 1040. The molecule has 3 fully saturated rings. The van der Waals surface area contributed by atoms with Crippen LogP contribution in [0.2, 0.25) is 0 Å². The van der Waals surface area contributed by atoms with Gasteiger partial charge in [0, 0.05) is 23.2 Å². The second kappa shape index (κ2) is 9.33. The van der Waals surface area contributed by atoms with Gasteiger partial charge in [-0.25, -0.2) is 4.79 Å². The van der Waals surface area contributed by atoms with E-state index in [1.807, 2.05) is 6.92 Å². The zero-order valence-electron chi connectivity index (χ0n) is 23.1. The Morgan fingerprint density at radius 3 is 2.27 bits per heavy atom. The van der Waals surface area contributed by atoms with Crippen molar-refractivity contribution in [2.24, 2.45) is 39.4 Å². The van der Waals surface area contributed by atoms with Gasteiger partial charge in [0.1, 0.15) is 11.9 Å². The highest BCUT2D eigenvalue weighted by atomic mass is 16.6. The lowest BCUT2D eigenvalue weighted by Crippen LogP contribution is -2.72. The first-order valence-corrected chi connectivity index (χ1v) is 12.9. The van der Waals surface area contributed by atoms with Crippen LogP contribution in [0.5, 0.6) is 0 Å². The smallest absolute Gasteiger partial charge is 0.346 e. The molecule has 0 aromatic rings. The molecule has 9 nitrogen and oxygen atoms in total. The number of rotatable bonds is 5. The molecule has 0 aromatic heterocycles. The van der Waals surface area contributed by atoms with Crippen molar-refractivity contribution in [2.75, 3.05) is 13.7 Å². The van der Waals surface area contributed by atoms with Gasteiger partial charge in [0.25, 0.3) is 0 Å². The number of ketones is 2. The summed E-state index contributed by atoms with van der Waals surface area (Å²) in [5, 5.41) is 11.7. The van der Waals surface area contributed by atoms with Crippen LogP contribution in [0.4, 0.5) is 0 Å². The summed E-state index contributed by atoms with van der Waals surface area (Å²) in [6, 6.07) is 0. The molecule has 3 saturated carbocycles. The van der Waals surface area contributed by atoms with Gasteiger partial charge in [-0.15, -0.1) is 0 Å². The van der Waals surface area contributed by atoms with E-state index in [9.17, 15) is 29.1 Å².